The van der Waals surface area contributed by atoms with Crippen LogP contribution in [0.1, 0.15) is 58.8 Å². The van der Waals surface area contributed by atoms with E-state index in [1.807, 2.05) is 0 Å². The zero-order valence-electron chi connectivity index (χ0n) is 11.0. The van der Waals surface area contributed by atoms with Crippen molar-refractivity contribution in [2.24, 2.45) is 23.5 Å². The second-order valence-corrected chi connectivity index (χ2v) is 5.63. The molecule has 0 radical (unpaired) electrons. The summed E-state index contributed by atoms with van der Waals surface area (Å²) in [6, 6.07) is 0. The third kappa shape index (κ3) is 4.06. The van der Waals surface area contributed by atoms with Crippen molar-refractivity contribution >= 4 is 0 Å². The topological polar surface area (TPSA) is 46.2 Å². The first kappa shape index (κ1) is 14.0. The van der Waals surface area contributed by atoms with Crippen LogP contribution >= 0.6 is 0 Å². The number of unbranched alkanes of at least 4 members (excludes halogenated alkanes) is 1. The summed E-state index contributed by atoms with van der Waals surface area (Å²) in [7, 11) is 0. The largest absolute Gasteiger partial charge is 0.393 e. The minimum absolute atomic E-state index is 0.169. The van der Waals surface area contributed by atoms with E-state index in [1.165, 1.54) is 44.9 Å². The standard InChI is InChI=1S/C14H29NO/c1-3-4-5-12-6-8-13(9-7-12)14(16)11(2)10-15/h11-14,16H,3-10,15H2,1-2H3. The normalized spacial score (nSPS) is 30.0. The fraction of sp³-hybridized carbons (Fsp3) is 1.00. The lowest BCUT2D eigenvalue weighted by Gasteiger charge is -2.33. The Kier molecular flexibility index (Phi) is 6.37. The fourth-order valence-electron chi connectivity index (χ4n) is 2.92. The highest BCUT2D eigenvalue weighted by molar-refractivity contribution is 4.80. The van der Waals surface area contributed by atoms with Crippen molar-refractivity contribution in [3.8, 4) is 0 Å². The van der Waals surface area contributed by atoms with Gasteiger partial charge in [-0.25, -0.2) is 0 Å². The van der Waals surface area contributed by atoms with Gasteiger partial charge in [0, 0.05) is 0 Å². The molecule has 0 amide bonds. The Hall–Kier alpha value is -0.0800. The minimum atomic E-state index is -0.169. The van der Waals surface area contributed by atoms with Gasteiger partial charge in [-0.15, -0.1) is 0 Å². The highest BCUT2D eigenvalue weighted by Crippen LogP contribution is 2.35. The molecule has 0 heterocycles. The van der Waals surface area contributed by atoms with Crippen molar-refractivity contribution in [2.75, 3.05) is 6.54 Å². The predicted molar refractivity (Wildman–Crippen MR) is 69.2 cm³/mol. The van der Waals surface area contributed by atoms with Crippen LogP contribution in [0.2, 0.25) is 0 Å². The van der Waals surface area contributed by atoms with Gasteiger partial charge in [-0.2, -0.15) is 0 Å². The van der Waals surface area contributed by atoms with Crippen LogP contribution in [0, 0.1) is 17.8 Å². The lowest BCUT2D eigenvalue weighted by Crippen LogP contribution is -2.34. The molecule has 16 heavy (non-hydrogen) atoms. The maximum Gasteiger partial charge on any atom is 0.0605 e. The highest BCUT2D eigenvalue weighted by Gasteiger charge is 2.28. The Morgan fingerprint density at radius 2 is 1.88 bits per heavy atom. The highest BCUT2D eigenvalue weighted by atomic mass is 16.3. The molecular weight excluding hydrogens is 198 g/mol. The molecule has 0 bridgehead atoms. The Morgan fingerprint density at radius 1 is 1.25 bits per heavy atom. The number of aliphatic hydroxyl groups excluding tert-OH is 1. The summed E-state index contributed by atoms with van der Waals surface area (Å²) >= 11 is 0. The maximum atomic E-state index is 10.1. The molecule has 2 unspecified atom stereocenters. The fourth-order valence-corrected chi connectivity index (χ4v) is 2.92. The second kappa shape index (κ2) is 7.29. The van der Waals surface area contributed by atoms with Crippen LogP contribution in [0.3, 0.4) is 0 Å². The van der Waals surface area contributed by atoms with Gasteiger partial charge >= 0.3 is 0 Å². The Bertz CT molecular complexity index is 176. The van der Waals surface area contributed by atoms with Gasteiger partial charge in [0.15, 0.2) is 0 Å². The van der Waals surface area contributed by atoms with E-state index >= 15 is 0 Å². The van der Waals surface area contributed by atoms with Gasteiger partial charge < -0.3 is 10.8 Å². The number of rotatable bonds is 6. The van der Waals surface area contributed by atoms with Crippen molar-refractivity contribution in [1.82, 2.24) is 0 Å². The first-order valence-electron chi connectivity index (χ1n) is 7.07. The smallest absolute Gasteiger partial charge is 0.0605 e. The van der Waals surface area contributed by atoms with Gasteiger partial charge in [0.05, 0.1) is 6.10 Å². The summed E-state index contributed by atoms with van der Waals surface area (Å²) in [5.74, 6) is 1.70. The van der Waals surface area contributed by atoms with Gasteiger partial charge in [0.2, 0.25) is 0 Å². The molecule has 0 aliphatic heterocycles. The molecule has 3 N–H and O–H groups in total. The van der Waals surface area contributed by atoms with E-state index in [9.17, 15) is 5.11 Å². The van der Waals surface area contributed by atoms with Crippen LogP contribution in [0.25, 0.3) is 0 Å². The van der Waals surface area contributed by atoms with E-state index < -0.39 is 0 Å². The van der Waals surface area contributed by atoms with Crippen molar-refractivity contribution in [2.45, 2.75) is 64.9 Å². The Labute approximate surface area is 101 Å². The predicted octanol–water partition coefficient (Wildman–Crippen LogP) is 2.94. The molecule has 2 atom stereocenters. The molecule has 1 aliphatic carbocycles. The third-order valence-electron chi connectivity index (χ3n) is 4.30. The molecule has 0 aromatic rings. The number of nitrogens with two attached hydrogens (primary N) is 1. The van der Waals surface area contributed by atoms with Gasteiger partial charge in [0.25, 0.3) is 0 Å². The first-order valence-corrected chi connectivity index (χ1v) is 7.07. The number of hydrogen-bond donors (Lipinski definition) is 2. The van der Waals surface area contributed by atoms with E-state index in [0.29, 0.717) is 12.5 Å². The lowest BCUT2D eigenvalue weighted by molar-refractivity contribution is 0.0340. The SMILES string of the molecule is CCCCC1CCC(C(O)C(C)CN)CC1. The molecule has 2 heteroatoms. The van der Waals surface area contributed by atoms with Gasteiger partial charge in [-0.05, 0) is 37.1 Å². The Morgan fingerprint density at radius 3 is 2.38 bits per heavy atom. The number of aliphatic hydroxyl groups is 1. The molecule has 1 aliphatic rings. The quantitative estimate of drug-likeness (QED) is 0.733. The van der Waals surface area contributed by atoms with Crippen LogP contribution in [-0.2, 0) is 0 Å². The molecule has 2 nitrogen and oxygen atoms in total. The summed E-state index contributed by atoms with van der Waals surface area (Å²) in [6.45, 7) is 4.93. The van der Waals surface area contributed by atoms with Gasteiger partial charge in [0.1, 0.15) is 0 Å². The van der Waals surface area contributed by atoms with Crippen molar-refractivity contribution in [3.63, 3.8) is 0 Å². The van der Waals surface area contributed by atoms with Crippen LogP contribution in [0.5, 0.6) is 0 Å². The maximum absolute atomic E-state index is 10.1. The van der Waals surface area contributed by atoms with Crippen molar-refractivity contribution in [1.29, 1.82) is 0 Å². The average Bonchev–Trinajstić information content (AvgIpc) is 2.35. The molecule has 0 spiro atoms. The molecule has 1 saturated carbocycles. The summed E-state index contributed by atoms with van der Waals surface area (Å²) < 4.78 is 0. The third-order valence-corrected chi connectivity index (χ3v) is 4.30. The van der Waals surface area contributed by atoms with E-state index in [-0.39, 0.29) is 12.0 Å². The van der Waals surface area contributed by atoms with Gasteiger partial charge in [-0.1, -0.05) is 46.0 Å². The zero-order valence-corrected chi connectivity index (χ0v) is 11.0. The minimum Gasteiger partial charge on any atom is -0.393 e. The average molecular weight is 227 g/mol. The van der Waals surface area contributed by atoms with E-state index in [2.05, 4.69) is 13.8 Å². The monoisotopic (exact) mass is 227 g/mol. The molecular formula is C14H29NO. The summed E-state index contributed by atoms with van der Waals surface area (Å²) in [5.41, 5.74) is 5.61. The Balaban J connectivity index is 2.25. The van der Waals surface area contributed by atoms with Crippen molar-refractivity contribution in [3.05, 3.63) is 0 Å². The van der Waals surface area contributed by atoms with Gasteiger partial charge in [-0.3, -0.25) is 0 Å². The van der Waals surface area contributed by atoms with E-state index in [4.69, 9.17) is 5.73 Å². The zero-order chi connectivity index (χ0) is 12.0. The molecule has 1 rings (SSSR count). The second-order valence-electron chi connectivity index (χ2n) is 5.63. The van der Waals surface area contributed by atoms with E-state index in [1.54, 1.807) is 0 Å². The van der Waals surface area contributed by atoms with Crippen LogP contribution in [0.4, 0.5) is 0 Å². The molecule has 1 fully saturated rings. The molecule has 0 saturated heterocycles. The van der Waals surface area contributed by atoms with E-state index in [0.717, 1.165) is 5.92 Å². The molecule has 0 aromatic carbocycles. The van der Waals surface area contributed by atoms with Crippen LogP contribution in [-0.4, -0.2) is 17.8 Å². The number of hydrogen-bond acceptors (Lipinski definition) is 2. The van der Waals surface area contributed by atoms with Crippen LogP contribution < -0.4 is 5.73 Å². The molecule has 0 aromatic heterocycles. The first-order chi connectivity index (χ1) is 7.69. The summed E-state index contributed by atoms with van der Waals surface area (Å²) in [5, 5.41) is 10.1. The van der Waals surface area contributed by atoms with Crippen molar-refractivity contribution < 1.29 is 5.11 Å². The summed E-state index contributed by atoms with van der Waals surface area (Å²) in [6.07, 6.45) is 8.96. The summed E-state index contributed by atoms with van der Waals surface area (Å²) in [4.78, 5) is 0. The molecule has 96 valence electrons. The van der Waals surface area contributed by atoms with Crippen LogP contribution in [0.15, 0.2) is 0 Å². The lowest BCUT2D eigenvalue weighted by atomic mass is 9.75.